The van der Waals surface area contributed by atoms with Gasteiger partial charge in [0.2, 0.25) is 0 Å². The van der Waals surface area contributed by atoms with E-state index in [1.54, 1.807) is 6.07 Å². The van der Waals surface area contributed by atoms with Gasteiger partial charge in [-0.1, -0.05) is 6.07 Å². The third kappa shape index (κ3) is 2.17. The number of halogens is 1. The topological polar surface area (TPSA) is 72.3 Å². The summed E-state index contributed by atoms with van der Waals surface area (Å²) in [5.74, 6) is -0.478. The third-order valence-electron chi connectivity index (χ3n) is 1.90. The number of nitrogen functional groups attached to an aromatic ring is 1. The summed E-state index contributed by atoms with van der Waals surface area (Å²) in [5.41, 5.74) is 11.5. The SMILES string of the molecule is CC(O)[C@@H](N)c1ccc(N)cc1F. The molecule has 0 radical (unpaired) electrons. The summed E-state index contributed by atoms with van der Waals surface area (Å²) in [6, 6.07) is 3.53. The van der Waals surface area contributed by atoms with Gasteiger partial charge in [-0.15, -0.1) is 0 Å². The average Bonchev–Trinajstić information content (AvgIpc) is 2.03. The highest BCUT2D eigenvalue weighted by molar-refractivity contribution is 5.41. The maximum absolute atomic E-state index is 13.2. The Morgan fingerprint density at radius 2 is 2.08 bits per heavy atom. The minimum atomic E-state index is -0.780. The summed E-state index contributed by atoms with van der Waals surface area (Å²) >= 11 is 0. The van der Waals surface area contributed by atoms with E-state index in [0.717, 1.165) is 0 Å². The summed E-state index contributed by atoms with van der Waals surface area (Å²) < 4.78 is 13.2. The summed E-state index contributed by atoms with van der Waals surface area (Å²) in [7, 11) is 0. The number of nitrogens with two attached hydrogens (primary N) is 2. The van der Waals surface area contributed by atoms with E-state index in [9.17, 15) is 4.39 Å². The molecular weight excluding hydrogens is 171 g/mol. The van der Waals surface area contributed by atoms with E-state index in [4.69, 9.17) is 16.6 Å². The Labute approximate surface area is 76.2 Å². The Morgan fingerprint density at radius 1 is 1.46 bits per heavy atom. The van der Waals surface area contributed by atoms with Crippen LogP contribution < -0.4 is 11.5 Å². The fourth-order valence-corrected chi connectivity index (χ4v) is 1.07. The zero-order valence-electron chi connectivity index (χ0n) is 7.37. The molecule has 72 valence electrons. The van der Waals surface area contributed by atoms with Crippen LogP contribution >= 0.6 is 0 Å². The number of aliphatic hydroxyl groups is 1. The van der Waals surface area contributed by atoms with Crippen molar-refractivity contribution in [3.63, 3.8) is 0 Å². The van der Waals surface area contributed by atoms with Crippen molar-refractivity contribution in [3.8, 4) is 0 Å². The Balaban J connectivity index is 3.01. The molecule has 3 nitrogen and oxygen atoms in total. The monoisotopic (exact) mass is 184 g/mol. The van der Waals surface area contributed by atoms with Gasteiger partial charge in [-0.3, -0.25) is 0 Å². The number of hydrogen-bond donors (Lipinski definition) is 3. The molecule has 1 aromatic rings. The lowest BCUT2D eigenvalue weighted by molar-refractivity contribution is 0.162. The van der Waals surface area contributed by atoms with Crippen molar-refractivity contribution in [1.82, 2.24) is 0 Å². The van der Waals surface area contributed by atoms with Crippen LogP contribution in [0, 0.1) is 5.82 Å². The lowest BCUT2D eigenvalue weighted by Gasteiger charge is -2.15. The maximum atomic E-state index is 13.2. The van der Waals surface area contributed by atoms with Gasteiger partial charge in [0, 0.05) is 11.3 Å². The number of hydrogen-bond acceptors (Lipinski definition) is 3. The van der Waals surface area contributed by atoms with Crippen LogP contribution in [0.4, 0.5) is 10.1 Å². The van der Waals surface area contributed by atoms with E-state index in [-0.39, 0.29) is 5.56 Å². The Bertz CT molecular complexity index is 302. The molecule has 1 unspecified atom stereocenters. The molecule has 0 aliphatic carbocycles. The minimum Gasteiger partial charge on any atom is -0.399 e. The second-order valence-electron chi connectivity index (χ2n) is 3.05. The van der Waals surface area contributed by atoms with Gasteiger partial charge in [0.15, 0.2) is 0 Å². The molecule has 0 fully saturated rings. The van der Waals surface area contributed by atoms with E-state index in [1.165, 1.54) is 19.1 Å². The van der Waals surface area contributed by atoms with Crippen molar-refractivity contribution in [2.24, 2.45) is 5.73 Å². The van der Waals surface area contributed by atoms with Crippen LogP contribution in [0.2, 0.25) is 0 Å². The Morgan fingerprint density at radius 3 is 2.54 bits per heavy atom. The van der Waals surface area contributed by atoms with Crippen molar-refractivity contribution in [2.45, 2.75) is 19.1 Å². The molecule has 0 heterocycles. The molecule has 0 saturated carbocycles. The first-order valence-corrected chi connectivity index (χ1v) is 4.01. The number of anilines is 1. The number of aliphatic hydroxyl groups excluding tert-OH is 1. The highest BCUT2D eigenvalue weighted by Gasteiger charge is 2.15. The van der Waals surface area contributed by atoms with Crippen LogP contribution in [0.15, 0.2) is 18.2 Å². The fourth-order valence-electron chi connectivity index (χ4n) is 1.07. The van der Waals surface area contributed by atoms with Crippen LogP contribution in [0.25, 0.3) is 0 Å². The first-order valence-electron chi connectivity index (χ1n) is 4.01. The molecule has 0 saturated heterocycles. The predicted molar refractivity (Wildman–Crippen MR) is 49.4 cm³/mol. The van der Waals surface area contributed by atoms with Crippen LogP contribution in [-0.4, -0.2) is 11.2 Å². The van der Waals surface area contributed by atoms with Crippen molar-refractivity contribution >= 4 is 5.69 Å². The van der Waals surface area contributed by atoms with Gasteiger partial charge in [-0.2, -0.15) is 0 Å². The van der Waals surface area contributed by atoms with Crippen molar-refractivity contribution < 1.29 is 9.50 Å². The van der Waals surface area contributed by atoms with Gasteiger partial charge in [0.05, 0.1) is 12.1 Å². The summed E-state index contributed by atoms with van der Waals surface area (Å²) in [5, 5.41) is 9.15. The van der Waals surface area contributed by atoms with Gasteiger partial charge < -0.3 is 16.6 Å². The van der Waals surface area contributed by atoms with Gasteiger partial charge >= 0.3 is 0 Å². The zero-order chi connectivity index (χ0) is 10.0. The van der Waals surface area contributed by atoms with Gasteiger partial charge in [0.25, 0.3) is 0 Å². The van der Waals surface area contributed by atoms with E-state index < -0.39 is 18.0 Å². The molecule has 4 heteroatoms. The normalized spacial score (nSPS) is 15.4. The highest BCUT2D eigenvalue weighted by Crippen LogP contribution is 2.19. The molecular formula is C9H13FN2O. The molecule has 1 rings (SSSR count). The van der Waals surface area contributed by atoms with E-state index in [1.807, 2.05) is 0 Å². The Kier molecular flexibility index (Phi) is 2.85. The van der Waals surface area contributed by atoms with Gasteiger partial charge in [-0.25, -0.2) is 4.39 Å². The average molecular weight is 184 g/mol. The number of rotatable bonds is 2. The van der Waals surface area contributed by atoms with Crippen LogP contribution in [0.3, 0.4) is 0 Å². The van der Waals surface area contributed by atoms with E-state index in [2.05, 4.69) is 0 Å². The van der Waals surface area contributed by atoms with Gasteiger partial charge in [0.1, 0.15) is 5.82 Å². The first-order chi connectivity index (χ1) is 6.02. The summed E-state index contributed by atoms with van der Waals surface area (Å²) in [6.45, 7) is 1.51. The minimum absolute atomic E-state index is 0.282. The maximum Gasteiger partial charge on any atom is 0.130 e. The lowest BCUT2D eigenvalue weighted by Crippen LogP contribution is -2.24. The second-order valence-corrected chi connectivity index (χ2v) is 3.05. The fraction of sp³-hybridized carbons (Fsp3) is 0.333. The molecule has 1 aromatic carbocycles. The standard InChI is InChI=1S/C9H13FN2O/c1-5(13)9(12)7-3-2-6(11)4-8(7)10/h2-5,9,13H,11-12H2,1H3/t5?,9-/m1/s1. The smallest absolute Gasteiger partial charge is 0.130 e. The molecule has 0 spiro atoms. The van der Waals surface area contributed by atoms with Crippen molar-refractivity contribution in [3.05, 3.63) is 29.6 Å². The Hall–Kier alpha value is -1.13. The van der Waals surface area contributed by atoms with E-state index >= 15 is 0 Å². The molecule has 0 bridgehead atoms. The van der Waals surface area contributed by atoms with Crippen molar-refractivity contribution in [1.29, 1.82) is 0 Å². The molecule has 2 atom stereocenters. The first kappa shape index (κ1) is 9.95. The van der Waals surface area contributed by atoms with Crippen LogP contribution in [-0.2, 0) is 0 Å². The summed E-state index contributed by atoms with van der Waals surface area (Å²) in [6.07, 6.45) is -0.780. The molecule has 0 aliphatic rings. The third-order valence-corrected chi connectivity index (χ3v) is 1.90. The number of benzene rings is 1. The molecule has 5 N–H and O–H groups in total. The zero-order valence-corrected chi connectivity index (χ0v) is 7.37. The van der Waals surface area contributed by atoms with Crippen LogP contribution in [0.5, 0.6) is 0 Å². The van der Waals surface area contributed by atoms with Crippen LogP contribution in [0.1, 0.15) is 18.5 Å². The molecule has 0 aliphatic heterocycles. The van der Waals surface area contributed by atoms with Crippen molar-refractivity contribution in [2.75, 3.05) is 5.73 Å². The lowest BCUT2D eigenvalue weighted by atomic mass is 10.0. The molecule has 13 heavy (non-hydrogen) atoms. The second kappa shape index (κ2) is 3.72. The molecule has 0 aromatic heterocycles. The molecule has 0 amide bonds. The van der Waals surface area contributed by atoms with E-state index in [0.29, 0.717) is 5.69 Å². The predicted octanol–water partition coefficient (Wildman–Crippen LogP) is 0.789. The largest absolute Gasteiger partial charge is 0.399 e. The quantitative estimate of drug-likeness (QED) is 0.595. The van der Waals surface area contributed by atoms with Gasteiger partial charge in [-0.05, 0) is 19.1 Å². The highest BCUT2D eigenvalue weighted by atomic mass is 19.1. The summed E-state index contributed by atoms with van der Waals surface area (Å²) in [4.78, 5) is 0.